The molecule has 0 aromatic heterocycles. The minimum atomic E-state index is -0.0284. The lowest BCUT2D eigenvalue weighted by Gasteiger charge is -2.12. The summed E-state index contributed by atoms with van der Waals surface area (Å²) in [6, 6.07) is 21.4. The quantitative estimate of drug-likeness (QED) is 0.580. The number of hydrogen-bond acceptors (Lipinski definition) is 4. The molecule has 0 unspecified atom stereocenters. The Bertz CT molecular complexity index is 968. The van der Waals surface area contributed by atoms with Crippen molar-refractivity contribution >= 4 is 17.3 Å². The summed E-state index contributed by atoms with van der Waals surface area (Å²) < 4.78 is 10.7. The Morgan fingerprint density at radius 1 is 0.897 bits per heavy atom. The molecular formula is C24H26N2O3. The van der Waals surface area contributed by atoms with Crippen LogP contribution in [0.2, 0.25) is 0 Å². The first-order chi connectivity index (χ1) is 14.1. The standard InChI is InChI=1S/C24H26N2O3/c1-17-5-4-6-21(13-17)26-24(27)14-18-7-10-20(11-8-18)25-16-19-9-12-22(28-2)15-23(19)29-3/h4-13,15,25H,14,16H2,1-3H3,(H,26,27). The van der Waals surface area contributed by atoms with Gasteiger partial charge in [0, 0.05) is 29.5 Å². The third-order valence-corrected chi connectivity index (χ3v) is 4.60. The van der Waals surface area contributed by atoms with Gasteiger partial charge < -0.3 is 20.1 Å². The van der Waals surface area contributed by atoms with Crippen LogP contribution in [0, 0.1) is 6.92 Å². The number of ether oxygens (including phenoxy) is 2. The smallest absolute Gasteiger partial charge is 0.228 e. The first kappa shape index (κ1) is 20.3. The number of hydrogen-bond donors (Lipinski definition) is 2. The van der Waals surface area contributed by atoms with Crippen molar-refractivity contribution in [3.05, 3.63) is 83.4 Å². The molecular weight excluding hydrogens is 364 g/mol. The van der Waals surface area contributed by atoms with Crippen molar-refractivity contribution in [1.82, 2.24) is 0 Å². The highest BCUT2D eigenvalue weighted by Gasteiger charge is 2.07. The maximum Gasteiger partial charge on any atom is 0.228 e. The van der Waals surface area contributed by atoms with E-state index in [1.54, 1.807) is 14.2 Å². The van der Waals surface area contributed by atoms with Crippen LogP contribution in [-0.4, -0.2) is 20.1 Å². The van der Waals surface area contributed by atoms with Crippen LogP contribution in [0.3, 0.4) is 0 Å². The van der Waals surface area contributed by atoms with Crippen LogP contribution in [0.5, 0.6) is 11.5 Å². The zero-order valence-electron chi connectivity index (χ0n) is 17.0. The summed E-state index contributed by atoms with van der Waals surface area (Å²) in [4.78, 5) is 12.3. The second-order valence-corrected chi connectivity index (χ2v) is 6.82. The monoisotopic (exact) mass is 390 g/mol. The first-order valence-electron chi connectivity index (χ1n) is 9.47. The largest absolute Gasteiger partial charge is 0.497 e. The van der Waals surface area contributed by atoms with Crippen LogP contribution < -0.4 is 20.1 Å². The highest BCUT2D eigenvalue weighted by molar-refractivity contribution is 5.92. The summed E-state index contributed by atoms with van der Waals surface area (Å²) >= 11 is 0. The predicted octanol–water partition coefficient (Wildman–Crippen LogP) is 4.81. The Morgan fingerprint density at radius 3 is 2.38 bits per heavy atom. The van der Waals surface area contributed by atoms with Crippen LogP contribution in [0.1, 0.15) is 16.7 Å². The van der Waals surface area contributed by atoms with Gasteiger partial charge >= 0.3 is 0 Å². The average molecular weight is 390 g/mol. The van der Waals surface area contributed by atoms with E-state index in [-0.39, 0.29) is 5.91 Å². The average Bonchev–Trinajstić information content (AvgIpc) is 2.73. The fourth-order valence-electron chi connectivity index (χ4n) is 3.05. The molecule has 0 saturated carbocycles. The Morgan fingerprint density at radius 2 is 1.69 bits per heavy atom. The predicted molar refractivity (Wildman–Crippen MR) is 117 cm³/mol. The number of methoxy groups -OCH3 is 2. The molecule has 5 nitrogen and oxygen atoms in total. The molecule has 150 valence electrons. The minimum Gasteiger partial charge on any atom is -0.497 e. The molecule has 2 N–H and O–H groups in total. The molecule has 0 fully saturated rings. The van der Waals surface area contributed by atoms with Crippen molar-refractivity contribution in [2.75, 3.05) is 24.9 Å². The van der Waals surface area contributed by atoms with E-state index in [0.29, 0.717) is 13.0 Å². The maximum absolute atomic E-state index is 12.3. The number of carbonyl (C=O) groups is 1. The number of nitrogens with one attached hydrogen (secondary N) is 2. The highest BCUT2D eigenvalue weighted by Crippen LogP contribution is 2.25. The van der Waals surface area contributed by atoms with Gasteiger partial charge in [-0.2, -0.15) is 0 Å². The molecule has 0 saturated heterocycles. The van der Waals surface area contributed by atoms with Gasteiger partial charge in [0.05, 0.1) is 20.6 Å². The van der Waals surface area contributed by atoms with E-state index >= 15 is 0 Å². The van der Waals surface area contributed by atoms with Crippen molar-refractivity contribution in [3.63, 3.8) is 0 Å². The molecule has 3 aromatic carbocycles. The van der Waals surface area contributed by atoms with E-state index in [4.69, 9.17) is 9.47 Å². The lowest BCUT2D eigenvalue weighted by atomic mass is 10.1. The fourth-order valence-corrected chi connectivity index (χ4v) is 3.05. The second kappa shape index (κ2) is 9.64. The SMILES string of the molecule is COc1ccc(CNc2ccc(CC(=O)Nc3cccc(C)c3)cc2)c(OC)c1. The van der Waals surface area contributed by atoms with Crippen LogP contribution in [0.15, 0.2) is 66.7 Å². The van der Waals surface area contributed by atoms with Gasteiger partial charge in [-0.3, -0.25) is 4.79 Å². The lowest BCUT2D eigenvalue weighted by molar-refractivity contribution is -0.115. The van der Waals surface area contributed by atoms with Crippen LogP contribution in [0.25, 0.3) is 0 Å². The van der Waals surface area contributed by atoms with E-state index in [1.165, 1.54) is 0 Å². The highest BCUT2D eigenvalue weighted by atomic mass is 16.5. The van der Waals surface area contributed by atoms with Crippen molar-refractivity contribution < 1.29 is 14.3 Å². The van der Waals surface area contributed by atoms with Crippen molar-refractivity contribution in [2.24, 2.45) is 0 Å². The minimum absolute atomic E-state index is 0.0284. The van der Waals surface area contributed by atoms with Gasteiger partial charge in [-0.25, -0.2) is 0 Å². The zero-order valence-corrected chi connectivity index (χ0v) is 17.0. The summed E-state index contributed by atoms with van der Waals surface area (Å²) in [5.41, 5.74) is 4.91. The number of benzene rings is 3. The topological polar surface area (TPSA) is 59.6 Å². The molecule has 0 aliphatic rings. The summed E-state index contributed by atoms with van der Waals surface area (Å²) in [5, 5.41) is 6.31. The van der Waals surface area contributed by atoms with Crippen molar-refractivity contribution in [2.45, 2.75) is 19.9 Å². The zero-order chi connectivity index (χ0) is 20.6. The molecule has 0 radical (unpaired) electrons. The maximum atomic E-state index is 12.3. The van der Waals surface area contributed by atoms with E-state index in [0.717, 1.165) is 39.6 Å². The summed E-state index contributed by atoms with van der Waals surface area (Å²) in [6.07, 6.45) is 0.334. The first-order valence-corrected chi connectivity index (χ1v) is 9.47. The molecule has 3 rings (SSSR count). The van der Waals surface area contributed by atoms with Gasteiger partial charge in [-0.1, -0.05) is 24.3 Å². The molecule has 5 heteroatoms. The number of carbonyl (C=O) groups excluding carboxylic acids is 1. The lowest BCUT2D eigenvalue weighted by Crippen LogP contribution is -2.14. The molecule has 0 heterocycles. The second-order valence-electron chi connectivity index (χ2n) is 6.82. The third kappa shape index (κ3) is 5.75. The summed E-state index contributed by atoms with van der Waals surface area (Å²) in [7, 11) is 3.28. The molecule has 1 amide bonds. The van der Waals surface area contributed by atoms with Gasteiger partial charge in [0.2, 0.25) is 5.91 Å². The number of anilines is 2. The van der Waals surface area contributed by atoms with Gasteiger partial charge in [-0.05, 0) is 54.4 Å². The number of aryl methyl sites for hydroxylation is 1. The molecule has 0 spiro atoms. The molecule has 29 heavy (non-hydrogen) atoms. The van der Waals surface area contributed by atoms with E-state index in [2.05, 4.69) is 10.6 Å². The normalized spacial score (nSPS) is 10.3. The van der Waals surface area contributed by atoms with Crippen LogP contribution in [-0.2, 0) is 17.8 Å². The molecule has 0 atom stereocenters. The van der Waals surface area contributed by atoms with Gasteiger partial charge in [0.1, 0.15) is 11.5 Å². The molecule has 0 aliphatic heterocycles. The van der Waals surface area contributed by atoms with Crippen molar-refractivity contribution in [3.8, 4) is 11.5 Å². The van der Waals surface area contributed by atoms with Crippen LogP contribution >= 0.6 is 0 Å². The fraction of sp³-hybridized carbons (Fsp3) is 0.208. The van der Waals surface area contributed by atoms with Gasteiger partial charge in [-0.15, -0.1) is 0 Å². The Labute approximate surface area is 171 Å². The van der Waals surface area contributed by atoms with Crippen LogP contribution in [0.4, 0.5) is 11.4 Å². The van der Waals surface area contributed by atoms with E-state index in [9.17, 15) is 4.79 Å². The third-order valence-electron chi connectivity index (χ3n) is 4.60. The molecule has 3 aromatic rings. The van der Waals surface area contributed by atoms with E-state index in [1.807, 2.05) is 73.7 Å². The summed E-state index contributed by atoms with van der Waals surface area (Å²) in [6.45, 7) is 2.63. The Hall–Kier alpha value is -3.47. The number of rotatable bonds is 8. The van der Waals surface area contributed by atoms with Gasteiger partial charge in [0.25, 0.3) is 0 Å². The molecule has 0 bridgehead atoms. The Kier molecular flexibility index (Phi) is 6.74. The van der Waals surface area contributed by atoms with Gasteiger partial charge in [0.15, 0.2) is 0 Å². The van der Waals surface area contributed by atoms with E-state index < -0.39 is 0 Å². The number of amides is 1. The molecule has 0 aliphatic carbocycles. The summed E-state index contributed by atoms with van der Waals surface area (Å²) in [5.74, 6) is 1.51. The Balaban J connectivity index is 1.55. The van der Waals surface area contributed by atoms with Crippen molar-refractivity contribution in [1.29, 1.82) is 0 Å².